The van der Waals surface area contributed by atoms with Crippen molar-refractivity contribution in [3.63, 3.8) is 0 Å². The number of nitrogens with two attached hydrogens (primary N) is 2. The Morgan fingerprint density at radius 2 is 2.16 bits per heavy atom. The highest BCUT2D eigenvalue weighted by Crippen LogP contribution is 2.13. The van der Waals surface area contributed by atoms with E-state index < -0.39 is 11.7 Å². The molecule has 0 spiro atoms. The van der Waals surface area contributed by atoms with Gasteiger partial charge in [-0.1, -0.05) is 12.2 Å². The molecule has 6 nitrogen and oxygen atoms in total. The summed E-state index contributed by atoms with van der Waals surface area (Å²) in [6.07, 6.45) is 4.72. The van der Waals surface area contributed by atoms with Gasteiger partial charge in [0, 0.05) is 12.7 Å². The van der Waals surface area contributed by atoms with Crippen molar-refractivity contribution in [3.8, 4) is 0 Å². The fourth-order valence-electron chi connectivity index (χ4n) is 1.25. The van der Waals surface area contributed by atoms with Crippen molar-refractivity contribution in [2.24, 2.45) is 0 Å². The van der Waals surface area contributed by atoms with E-state index in [2.05, 4.69) is 10.3 Å². The Bertz CT molecular complexity index is 478. The Morgan fingerprint density at radius 1 is 1.47 bits per heavy atom. The highest BCUT2D eigenvalue weighted by Gasteiger charge is 2.14. The first-order valence-corrected chi connectivity index (χ1v) is 5.92. The van der Waals surface area contributed by atoms with Crippen molar-refractivity contribution in [2.75, 3.05) is 18.0 Å². The van der Waals surface area contributed by atoms with Gasteiger partial charge in [-0.2, -0.15) is 0 Å². The molecule has 19 heavy (non-hydrogen) atoms. The quantitative estimate of drug-likeness (QED) is 0.772. The van der Waals surface area contributed by atoms with Crippen LogP contribution in [0.15, 0.2) is 18.3 Å². The first kappa shape index (κ1) is 14.8. The fraction of sp³-hybridized carbons (Fsp3) is 0.385. The standard InChI is InChI=1S/C13H20N4O2/c1-13(2,3)19-12(18)16-6-4-5-9-7-10(14)11(15)17-8-9/h4-5,7-8H,6,14H2,1-3H3,(H2,15,17)(H,16,18). The Balaban J connectivity index is 2.42. The van der Waals surface area contributed by atoms with Crippen molar-refractivity contribution in [2.45, 2.75) is 26.4 Å². The van der Waals surface area contributed by atoms with Crippen LogP contribution in [0.1, 0.15) is 26.3 Å². The summed E-state index contributed by atoms with van der Waals surface area (Å²) in [5.74, 6) is 0.309. The Hall–Kier alpha value is -2.24. The van der Waals surface area contributed by atoms with Crippen LogP contribution >= 0.6 is 0 Å². The summed E-state index contributed by atoms with van der Waals surface area (Å²) in [4.78, 5) is 15.3. The van der Waals surface area contributed by atoms with Crippen LogP contribution in [-0.2, 0) is 4.74 Å². The number of alkyl carbamates (subject to hydrolysis) is 1. The van der Waals surface area contributed by atoms with E-state index in [1.165, 1.54) is 0 Å². The van der Waals surface area contributed by atoms with E-state index in [1.54, 1.807) is 24.4 Å². The summed E-state index contributed by atoms with van der Waals surface area (Å²) >= 11 is 0. The molecule has 0 aliphatic heterocycles. The molecule has 0 fully saturated rings. The predicted octanol–water partition coefficient (Wildman–Crippen LogP) is 1.78. The van der Waals surface area contributed by atoms with Crippen molar-refractivity contribution < 1.29 is 9.53 Å². The highest BCUT2D eigenvalue weighted by molar-refractivity contribution is 5.68. The summed E-state index contributed by atoms with van der Waals surface area (Å²) in [6.45, 7) is 5.79. The summed E-state index contributed by atoms with van der Waals surface area (Å²) < 4.78 is 5.09. The van der Waals surface area contributed by atoms with Crippen LogP contribution in [0.5, 0.6) is 0 Å². The minimum atomic E-state index is -0.497. The molecule has 5 N–H and O–H groups in total. The van der Waals surface area contributed by atoms with Crippen LogP contribution in [0.2, 0.25) is 0 Å². The van der Waals surface area contributed by atoms with E-state index in [0.29, 0.717) is 18.1 Å². The van der Waals surface area contributed by atoms with Crippen molar-refractivity contribution in [1.29, 1.82) is 0 Å². The lowest BCUT2D eigenvalue weighted by Crippen LogP contribution is -2.32. The van der Waals surface area contributed by atoms with Gasteiger partial charge in [-0.05, 0) is 32.4 Å². The average molecular weight is 264 g/mol. The van der Waals surface area contributed by atoms with Gasteiger partial charge in [0.2, 0.25) is 0 Å². The number of carbonyl (C=O) groups excluding carboxylic acids is 1. The Labute approximate surface area is 112 Å². The molecule has 0 radical (unpaired) electrons. The van der Waals surface area contributed by atoms with Gasteiger partial charge < -0.3 is 21.5 Å². The van der Waals surface area contributed by atoms with Crippen LogP contribution in [0, 0.1) is 0 Å². The number of anilines is 2. The smallest absolute Gasteiger partial charge is 0.407 e. The number of nitrogen functional groups attached to an aromatic ring is 2. The van der Waals surface area contributed by atoms with Crippen LogP contribution in [0.25, 0.3) is 6.08 Å². The number of ether oxygens (including phenoxy) is 1. The van der Waals surface area contributed by atoms with Crippen LogP contribution in [0.3, 0.4) is 0 Å². The lowest BCUT2D eigenvalue weighted by Gasteiger charge is -2.19. The summed E-state index contributed by atoms with van der Waals surface area (Å²) in [6, 6.07) is 1.71. The van der Waals surface area contributed by atoms with Gasteiger partial charge in [0.1, 0.15) is 11.4 Å². The zero-order valence-electron chi connectivity index (χ0n) is 11.4. The second kappa shape index (κ2) is 6.08. The number of nitrogens with zero attached hydrogens (tertiary/aromatic N) is 1. The molecule has 104 valence electrons. The van der Waals surface area contributed by atoms with Crippen LogP contribution in [0.4, 0.5) is 16.3 Å². The van der Waals surface area contributed by atoms with Crippen molar-refractivity contribution in [3.05, 3.63) is 23.9 Å². The zero-order valence-corrected chi connectivity index (χ0v) is 11.4. The first-order chi connectivity index (χ1) is 8.78. The van der Waals surface area contributed by atoms with Gasteiger partial charge >= 0.3 is 6.09 Å². The van der Waals surface area contributed by atoms with Crippen molar-refractivity contribution in [1.82, 2.24) is 10.3 Å². The van der Waals surface area contributed by atoms with Gasteiger partial charge in [0.25, 0.3) is 0 Å². The van der Waals surface area contributed by atoms with Gasteiger partial charge in [0.15, 0.2) is 0 Å². The lowest BCUT2D eigenvalue weighted by atomic mass is 10.2. The third-order valence-electron chi connectivity index (χ3n) is 2.04. The minimum absolute atomic E-state index is 0.309. The number of aromatic nitrogens is 1. The molecule has 0 atom stereocenters. The number of amides is 1. The van der Waals surface area contributed by atoms with Crippen LogP contribution < -0.4 is 16.8 Å². The Kier molecular flexibility index (Phi) is 4.74. The molecule has 1 aromatic heterocycles. The number of hydrogen-bond acceptors (Lipinski definition) is 5. The molecule has 0 aliphatic carbocycles. The molecule has 0 unspecified atom stereocenters. The lowest BCUT2D eigenvalue weighted by molar-refractivity contribution is 0.0534. The number of pyridine rings is 1. The molecule has 1 aromatic rings. The average Bonchev–Trinajstić information content (AvgIpc) is 2.27. The second-order valence-corrected chi connectivity index (χ2v) is 5.03. The minimum Gasteiger partial charge on any atom is -0.444 e. The van der Waals surface area contributed by atoms with E-state index in [4.69, 9.17) is 16.2 Å². The summed E-state index contributed by atoms with van der Waals surface area (Å²) in [5, 5.41) is 2.61. The second-order valence-electron chi connectivity index (χ2n) is 5.03. The molecule has 1 amide bonds. The molecule has 6 heteroatoms. The van der Waals surface area contributed by atoms with Crippen LogP contribution in [-0.4, -0.2) is 23.2 Å². The molecule has 0 aliphatic rings. The molecule has 0 bridgehead atoms. The topological polar surface area (TPSA) is 103 Å². The first-order valence-electron chi connectivity index (χ1n) is 5.92. The van der Waals surface area contributed by atoms with Gasteiger partial charge in [-0.25, -0.2) is 9.78 Å². The molecule has 0 saturated carbocycles. The predicted molar refractivity (Wildman–Crippen MR) is 76.3 cm³/mol. The van der Waals surface area contributed by atoms with E-state index in [1.807, 2.05) is 20.8 Å². The van der Waals surface area contributed by atoms with Crippen molar-refractivity contribution >= 4 is 23.7 Å². The maximum Gasteiger partial charge on any atom is 0.407 e. The molecule has 1 heterocycles. The number of rotatable bonds is 3. The van der Waals surface area contributed by atoms with Gasteiger partial charge in [-0.3, -0.25) is 0 Å². The van der Waals surface area contributed by atoms with E-state index in [0.717, 1.165) is 5.56 Å². The number of hydrogen-bond donors (Lipinski definition) is 3. The molecular weight excluding hydrogens is 244 g/mol. The monoisotopic (exact) mass is 264 g/mol. The molecular formula is C13H20N4O2. The Morgan fingerprint density at radius 3 is 2.74 bits per heavy atom. The highest BCUT2D eigenvalue weighted by atomic mass is 16.6. The summed E-state index contributed by atoms with van der Waals surface area (Å²) in [5.41, 5.74) is 11.9. The third-order valence-corrected chi connectivity index (χ3v) is 2.04. The maximum atomic E-state index is 11.4. The largest absolute Gasteiger partial charge is 0.444 e. The summed E-state index contributed by atoms with van der Waals surface area (Å²) in [7, 11) is 0. The van der Waals surface area contributed by atoms with E-state index in [-0.39, 0.29) is 0 Å². The SMILES string of the molecule is CC(C)(C)OC(=O)NCC=Cc1cnc(N)c(N)c1. The fourth-order valence-corrected chi connectivity index (χ4v) is 1.25. The molecule has 0 saturated heterocycles. The number of nitrogens with one attached hydrogen (secondary N) is 1. The normalized spacial score (nSPS) is 11.5. The van der Waals surface area contributed by atoms with Gasteiger partial charge in [-0.15, -0.1) is 0 Å². The zero-order chi connectivity index (χ0) is 14.5. The number of carbonyl (C=O) groups is 1. The van der Waals surface area contributed by atoms with Gasteiger partial charge in [0.05, 0.1) is 5.69 Å². The van der Waals surface area contributed by atoms with E-state index in [9.17, 15) is 4.79 Å². The molecule has 1 rings (SSSR count). The van der Waals surface area contributed by atoms with E-state index >= 15 is 0 Å². The maximum absolute atomic E-state index is 11.4. The molecule has 0 aromatic carbocycles. The third kappa shape index (κ3) is 5.76.